The third-order valence-electron chi connectivity index (χ3n) is 5.94. The average molecular weight is 239 g/mol. The number of nitrogens with zero attached hydrogens (tertiary/aromatic N) is 2. The van der Waals surface area contributed by atoms with Crippen LogP contribution in [0.3, 0.4) is 0 Å². The van der Waals surface area contributed by atoms with Gasteiger partial charge in [-0.15, -0.1) is 0 Å². The molecular formula is C13H23N2O2-. The Kier molecular flexibility index (Phi) is 2.57. The van der Waals surface area contributed by atoms with E-state index < -0.39 is 0 Å². The predicted molar refractivity (Wildman–Crippen MR) is 65.4 cm³/mol. The standard InChI is InChI=1S/C13H23N2O2/c1-12(2)5-3-6-13(12)7-9-14-8-4-10(11(13)14)15(16)17/h10-11,16H,3-9H2,1-2H3/q-1. The number of hydrogen-bond acceptors (Lipinski definition) is 4. The molecule has 0 bridgehead atoms. The molecule has 2 heterocycles. The maximum absolute atomic E-state index is 11.4. The van der Waals surface area contributed by atoms with Crippen LogP contribution in [0, 0.1) is 16.0 Å². The summed E-state index contributed by atoms with van der Waals surface area (Å²) in [4.78, 5) is 2.44. The van der Waals surface area contributed by atoms with Crippen LogP contribution >= 0.6 is 0 Å². The molecular weight excluding hydrogens is 216 g/mol. The van der Waals surface area contributed by atoms with Crippen LogP contribution in [0.15, 0.2) is 0 Å². The maximum Gasteiger partial charge on any atom is 0.0390 e. The van der Waals surface area contributed by atoms with Crippen molar-refractivity contribution in [3.63, 3.8) is 0 Å². The van der Waals surface area contributed by atoms with Crippen LogP contribution in [-0.4, -0.2) is 40.5 Å². The SMILES string of the molecule is CC1(C)CCCC12CCN1CCC(N([O-])O)C12. The van der Waals surface area contributed by atoms with Crippen LogP contribution in [-0.2, 0) is 0 Å². The first-order valence-corrected chi connectivity index (χ1v) is 6.87. The molecule has 98 valence electrons. The zero-order valence-corrected chi connectivity index (χ0v) is 10.9. The van der Waals surface area contributed by atoms with Crippen molar-refractivity contribution in [1.29, 1.82) is 0 Å². The van der Waals surface area contributed by atoms with Crippen molar-refractivity contribution in [1.82, 2.24) is 10.1 Å². The van der Waals surface area contributed by atoms with E-state index in [1.807, 2.05) is 0 Å². The minimum atomic E-state index is -0.199. The number of fused-ring (bicyclic) bond motifs is 2. The van der Waals surface area contributed by atoms with Crippen LogP contribution in [0.2, 0.25) is 0 Å². The molecule has 2 aliphatic heterocycles. The van der Waals surface area contributed by atoms with Crippen molar-refractivity contribution < 1.29 is 5.21 Å². The molecule has 1 N–H and O–H groups in total. The van der Waals surface area contributed by atoms with E-state index in [2.05, 4.69) is 18.7 Å². The van der Waals surface area contributed by atoms with E-state index in [1.54, 1.807) is 0 Å². The van der Waals surface area contributed by atoms with Gasteiger partial charge in [0.25, 0.3) is 0 Å². The Morgan fingerprint density at radius 3 is 2.59 bits per heavy atom. The lowest BCUT2D eigenvalue weighted by Crippen LogP contribution is -2.51. The van der Waals surface area contributed by atoms with E-state index in [1.165, 1.54) is 25.7 Å². The molecule has 3 fully saturated rings. The van der Waals surface area contributed by atoms with E-state index in [0.717, 1.165) is 19.5 Å². The Morgan fingerprint density at radius 1 is 1.24 bits per heavy atom. The monoisotopic (exact) mass is 239 g/mol. The Labute approximate surface area is 103 Å². The van der Waals surface area contributed by atoms with Gasteiger partial charge >= 0.3 is 0 Å². The van der Waals surface area contributed by atoms with Gasteiger partial charge in [-0.1, -0.05) is 20.3 Å². The second-order valence-electron chi connectivity index (χ2n) is 6.78. The molecule has 17 heavy (non-hydrogen) atoms. The van der Waals surface area contributed by atoms with Crippen molar-refractivity contribution in [2.75, 3.05) is 13.1 Å². The van der Waals surface area contributed by atoms with Gasteiger partial charge in [-0.3, -0.25) is 10.1 Å². The summed E-state index contributed by atoms with van der Waals surface area (Å²) in [5.41, 5.74) is 0.574. The van der Waals surface area contributed by atoms with Gasteiger partial charge in [-0.05, 0) is 43.1 Å². The summed E-state index contributed by atoms with van der Waals surface area (Å²) in [5.74, 6) is 0. The normalized spacial score (nSPS) is 45.0. The summed E-state index contributed by atoms with van der Waals surface area (Å²) in [6.07, 6.45) is 5.78. The minimum Gasteiger partial charge on any atom is -0.762 e. The summed E-state index contributed by atoms with van der Waals surface area (Å²) < 4.78 is 0. The Balaban J connectivity index is 1.96. The average Bonchev–Trinajstić information content (AvgIpc) is 2.84. The highest BCUT2D eigenvalue weighted by atomic mass is 16.8. The molecule has 1 aliphatic carbocycles. The molecule has 0 aromatic heterocycles. The molecule has 4 nitrogen and oxygen atoms in total. The zero-order valence-electron chi connectivity index (χ0n) is 10.9. The molecule has 1 spiro atoms. The summed E-state index contributed by atoms with van der Waals surface area (Å²) >= 11 is 0. The highest BCUT2D eigenvalue weighted by Crippen LogP contribution is 2.62. The zero-order chi connectivity index (χ0) is 12.3. The van der Waals surface area contributed by atoms with Crippen molar-refractivity contribution in [2.24, 2.45) is 10.8 Å². The van der Waals surface area contributed by atoms with Crippen molar-refractivity contribution in [3.8, 4) is 0 Å². The van der Waals surface area contributed by atoms with Crippen molar-refractivity contribution >= 4 is 0 Å². The minimum absolute atomic E-state index is 0.199. The van der Waals surface area contributed by atoms with Crippen LogP contribution in [0.25, 0.3) is 0 Å². The van der Waals surface area contributed by atoms with Gasteiger partial charge in [0.1, 0.15) is 0 Å². The molecule has 1 saturated carbocycles. The molecule has 3 atom stereocenters. The summed E-state index contributed by atoms with van der Waals surface area (Å²) in [5, 5.41) is 21.0. The molecule has 3 unspecified atom stereocenters. The largest absolute Gasteiger partial charge is 0.762 e. The second-order valence-corrected chi connectivity index (χ2v) is 6.78. The lowest BCUT2D eigenvalue weighted by molar-refractivity contribution is -0.105. The quantitative estimate of drug-likeness (QED) is 0.713. The Hall–Kier alpha value is -0.160. The molecule has 3 rings (SSSR count). The van der Waals surface area contributed by atoms with Gasteiger partial charge in [0.2, 0.25) is 0 Å². The Morgan fingerprint density at radius 2 is 2.00 bits per heavy atom. The van der Waals surface area contributed by atoms with E-state index in [4.69, 9.17) is 0 Å². The predicted octanol–water partition coefficient (Wildman–Crippen LogP) is 2.22. The van der Waals surface area contributed by atoms with Crippen molar-refractivity contribution in [3.05, 3.63) is 5.21 Å². The molecule has 4 heteroatoms. The van der Waals surface area contributed by atoms with Crippen LogP contribution in [0.1, 0.15) is 46.0 Å². The highest BCUT2D eigenvalue weighted by Gasteiger charge is 2.61. The molecule has 0 radical (unpaired) electrons. The number of hydroxylamine groups is 2. The van der Waals surface area contributed by atoms with E-state index >= 15 is 0 Å². The van der Waals surface area contributed by atoms with E-state index in [-0.39, 0.29) is 22.7 Å². The topological polar surface area (TPSA) is 49.8 Å². The lowest BCUT2D eigenvalue weighted by Gasteiger charge is -2.47. The third kappa shape index (κ3) is 1.44. The number of rotatable bonds is 1. The van der Waals surface area contributed by atoms with Gasteiger partial charge in [0.15, 0.2) is 0 Å². The van der Waals surface area contributed by atoms with E-state index in [9.17, 15) is 10.4 Å². The van der Waals surface area contributed by atoms with E-state index in [0.29, 0.717) is 5.41 Å². The maximum atomic E-state index is 11.4. The first-order chi connectivity index (χ1) is 7.98. The summed E-state index contributed by atoms with van der Waals surface area (Å²) in [6.45, 7) is 6.79. The van der Waals surface area contributed by atoms with Crippen LogP contribution < -0.4 is 0 Å². The second kappa shape index (κ2) is 3.67. The fraction of sp³-hybridized carbons (Fsp3) is 1.00. The van der Waals surface area contributed by atoms with Crippen LogP contribution in [0.5, 0.6) is 0 Å². The summed E-state index contributed by atoms with van der Waals surface area (Å²) in [6, 6.07) is 0.0809. The smallest absolute Gasteiger partial charge is 0.0390 e. The van der Waals surface area contributed by atoms with Gasteiger partial charge < -0.3 is 10.4 Å². The molecule has 2 saturated heterocycles. The van der Waals surface area contributed by atoms with Gasteiger partial charge in [-0.2, -0.15) is 0 Å². The number of hydrogen-bond donors (Lipinski definition) is 1. The fourth-order valence-corrected chi connectivity index (χ4v) is 4.97. The third-order valence-corrected chi connectivity index (χ3v) is 5.94. The molecule has 3 aliphatic rings. The fourth-order valence-electron chi connectivity index (χ4n) is 4.97. The first kappa shape index (κ1) is 11.9. The lowest BCUT2D eigenvalue weighted by atomic mass is 9.62. The molecule has 0 amide bonds. The van der Waals surface area contributed by atoms with Crippen LogP contribution in [0.4, 0.5) is 0 Å². The first-order valence-electron chi connectivity index (χ1n) is 6.87. The summed E-state index contributed by atoms with van der Waals surface area (Å²) in [7, 11) is 0. The van der Waals surface area contributed by atoms with Gasteiger partial charge in [-0.25, -0.2) is 0 Å². The molecule has 0 aromatic carbocycles. The molecule has 0 aromatic rings. The van der Waals surface area contributed by atoms with Crippen molar-refractivity contribution in [2.45, 2.75) is 58.0 Å². The van der Waals surface area contributed by atoms with Gasteiger partial charge in [0, 0.05) is 18.6 Å². The highest BCUT2D eigenvalue weighted by molar-refractivity contribution is 5.14. The Bertz CT molecular complexity index is 319. The van der Waals surface area contributed by atoms with Gasteiger partial charge in [0.05, 0.1) is 0 Å².